The SMILES string of the molecule is C/C=C(/C1=NC(c2cc3c4ccccc4ccc3c3ccccc23)NC(c2ccc3ccccc3c2)N1)c1c(N)oc2ccccc12. The van der Waals surface area contributed by atoms with Gasteiger partial charge in [-0.15, -0.1) is 0 Å². The third-order valence-electron chi connectivity index (χ3n) is 9.50. The van der Waals surface area contributed by atoms with Crippen LogP contribution >= 0.6 is 0 Å². The van der Waals surface area contributed by atoms with Crippen LogP contribution in [0.5, 0.6) is 0 Å². The molecule has 0 bridgehead atoms. The second kappa shape index (κ2) is 10.9. The molecule has 0 radical (unpaired) electrons. The number of aliphatic imine (C=N–C) groups is 1. The van der Waals surface area contributed by atoms with Crippen LogP contribution in [0.3, 0.4) is 0 Å². The highest BCUT2D eigenvalue weighted by Gasteiger charge is 2.30. The Bertz CT molecular complexity index is 2580. The van der Waals surface area contributed by atoms with Gasteiger partial charge in [0.25, 0.3) is 0 Å². The summed E-state index contributed by atoms with van der Waals surface area (Å²) in [6.45, 7) is 2.03. The number of rotatable bonds is 4. The van der Waals surface area contributed by atoms with E-state index in [0.717, 1.165) is 39.1 Å². The van der Waals surface area contributed by atoms with E-state index in [2.05, 4.69) is 132 Å². The van der Waals surface area contributed by atoms with Crippen molar-refractivity contribution in [3.63, 3.8) is 0 Å². The van der Waals surface area contributed by atoms with Crippen molar-refractivity contribution in [3.05, 3.63) is 156 Å². The molecule has 0 amide bonds. The van der Waals surface area contributed by atoms with E-state index >= 15 is 0 Å². The number of fused-ring (bicyclic) bond motifs is 7. The van der Waals surface area contributed by atoms with E-state index < -0.39 is 0 Å². The lowest BCUT2D eigenvalue weighted by Crippen LogP contribution is -2.45. The zero-order valence-corrected chi connectivity index (χ0v) is 25.9. The molecule has 5 nitrogen and oxygen atoms in total. The number of para-hydroxylation sites is 1. The molecule has 0 fully saturated rings. The summed E-state index contributed by atoms with van der Waals surface area (Å²) in [6, 6.07) is 47.1. The Morgan fingerprint density at radius 2 is 1.32 bits per heavy atom. The molecule has 0 aliphatic carbocycles. The van der Waals surface area contributed by atoms with Gasteiger partial charge in [0.1, 0.15) is 23.8 Å². The van der Waals surface area contributed by atoms with Gasteiger partial charge in [-0.3, -0.25) is 5.32 Å². The number of hydrogen-bond acceptors (Lipinski definition) is 5. The van der Waals surface area contributed by atoms with Crippen molar-refractivity contribution >= 4 is 71.4 Å². The van der Waals surface area contributed by atoms with Gasteiger partial charge in [-0.05, 0) is 79.3 Å². The molecule has 1 aromatic heterocycles. The molecule has 9 rings (SSSR count). The third-order valence-corrected chi connectivity index (χ3v) is 9.50. The predicted molar refractivity (Wildman–Crippen MR) is 196 cm³/mol. The molecule has 226 valence electrons. The van der Waals surface area contributed by atoms with Crippen LogP contribution in [0.4, 0.5) is 5.88 Å². The lowest BCUT2D eigenvalue weighted by atomic mass is 9.92. The van der Waals surface area contributed by atoms with Gasteiger partial charge in [-0.25, -0.2) is 4.99 Å². The molecule has 7 aromatic carbocycles. The molecule has 2 atom stereocenters. The summed E-state index contributed by atoms with van der Waals surface area (Å²) in [5.74, 6) is 1.14. The van der Waals surface area contributed by atoms with Crippen molar-refractivity contribution < 1.29 is 4.42 Å². The highest BCUT2D eigenvalue weighted by atomic mass is 16.3. The second-order valence-electron chi connectivity index (χ2n) is 12.2. The van der Waals surface area contributed by atoms with Crippen LogP contribution in [0.1, 0.15) is 35.9 Å². The molecule has 4 N–H and O–H groups in total. The summed E-state index contributed by atoms with van der Waals surface area (Å²) in [6.07, 6.45) is 1.49. The molecule has 5 heteroatoms. The maximum absolute atomic E-state index is 6.57. The Kier molecular flexibility index (Phi) is 6.33. The number of benzene rings is 7. The summed E-state index contributed by atoms with van der Waals surface area (Å²) in [7, 11) is 0. The Balaban J connectivity index is 1.28. The van der Waals surface area contributed by atoms with Crippen LogP contribution < -0.4 is 16.4 Å². The quantitative estimate of drug-likeness (QED) is 0.174. The molecule has 2 heterocycles. The van der Waals surface area contributed by atoms with E-state index in [0.29, 0.717) is 5.88 Å². The monoisotopic (exact) mass is 608 g/mol. The summed E-state index contributed by atoms with van der Waals surface area (Å²) < 4.78 is 6.03. The highest BCUT2D eigenvalue weighted by molar-refractivity contribution is 6.27. The Morgan fingerprint density at radius 1 is 0.660 bits per heavy atom. The highest BCUT2D eigenvalue weighted by Crippen LogP contribution is 2.40. The standard InChI is InChI=1S/C42H32N4O/c1-2-29(38-34-17-9-10-18-37(34)47-39(38)43)41-44-40(28-20-19-25-11-3-4-13-27(25)23-28)45-42(46-41)36-24-35-30-14-6-5-12-26(30)21-22-33(35)31-15-7-8-16-32(31)36/h2-24,40,42,45H,43H2,1H3,(H,44,46)/b29-2+. The van der Waals surface area contributed by atoms with E-state index in [1.807, 2.05) is 25.1 Å². The maximum Gasteiger partial charge on any atom is 0.199 e. The first-order valence-electron chi connectivity index (χ1n) is 16.0. The number of nitrogens with two attached hydrogens (primary N) is 1. The van der Waals surface area contributed by atoms with Gasteiger partial charge < -0.3 is 15.5 Å². The van der Waals surface area contributed by atoms with Crippen LogP contribution in [0, 0.1) is 0 Å². The summed E-state index contributed by atoms with van der Waals surface area (Å²) in [4.78, 5) is 5.43. The molecule has 0 saturated carbocycles. The smallest absolute Gasteiger partial charge is 0.199 e. The Hall–Kier alpha value is -5.91. The van der Waals surface area contributed by atoms with Crippen LogP contribution in [-0.2, 0) is 0 Å². The summed E-state index contributed by atoms with van der Waals surface area (Å²) in [5.41, 5.74) is 11.3. The van der Waals surface area contributed by atoms with E-state index in [-0.39, 0.29) is 12.3 Å². The van der Waals surface area contributed by atoms with Gasteiger partial charge in [0, 0.05) is 11.0 Å². The fraction of sp³-hybridized carbons (Fsp3) is 0.0714. The minimum atomic E-state index is -0.356. The van der Waals surface area contributed by atoms with Crippen molar-refractivity contribution in [2.24, 2.45) is 4.99 Å². The molecule has 2 unspecified atom stereocenters. The molecule has 0 spiro atoms. The molecular weight excluding hydrogens is 576 g/mol. The predicted octanol–water partition coefficient (Wildman–Crippen LogP) is 10.0. The number of nitrogens with zero attached hydrogens (tertiary/aromatic N) is 1. The summed E-state index contributed by atoms with van der Waals surface area (Å²) >= 11 is 0. The van der Waals surface area contributed by atoms with Crippen LogP contribution in [0.15, 0.2) is 149 Å². The van der Waals surface area contributed by atoms with Crippen molar-refractivity contribution in [1.29, 1.82) is 0 Å². The first-order valence-corrected chi connectivity index (χ1v) is 16.0. The Labute approximate surface area is 272 Å². The lowest BCUT2D eigenvalue weighted by Gasteiger charge is -2.33. The normalized spacial score (nSPS) is 17.0. The van der Waals surface area contributed by atoms with Crippen molar-refractivity contribution in [1.82, 2.24) is 10.6 Å². The third kappa shape index (κ3) is 4.47. The van der Waals surface area contributed by atoms with E-state index in [1.54, 1.807) is 0 Å². The largest absolute Gasteiger partial charge is 0.440 e. The average Bonchev–Trinajstić information content (AvgIpc) is 3.46. The average molecular weight is 609 g/mol. The van der Waals surface area contributed by atoms with Crippen LogP contribution in [0.2, 0.25) is 0 Å². The van der Waals surface area contributed by atoms with Gasteiger partial charge >= 0.3 is 0 Å². The molecule has 1 aliphatic rings. The summed E-state index contributed by atoms with van der Waals surface area (Å²) in [5, 5.41) is 18.3. The fourth-order valence-electron chi connectivity index (χ4n) is 7.27. The molecule has 0 saturated heterocycles. The number of anilines is 1. The van der Waals surface area contributed by atoms with Gasteiger partial charge in [-0.1, -0.05) is 121 Å². The zero-order valence-electron chi connectivity index (χ0n) is 25.9. The minimum Gasteiger partial charge on any atom is -0.440 e. The van der Waals surface area contributed by atoms with Gasteiger partial charge in [0.05, 0.1) is 5.56 Å². The molecular formula is C42H32N4O. The van der Waals surface area contributed by atoms with Crippen molar-refractivity contribution in [3.8, 4) is 0 Å². The Morgan fingerprint density at radius 3 is 2.15 bits per heavy atom. The fourth-order valence-corrected chi connectivity index (χ4v) is 7.27. The van der Waals surface area contributed by atoms with Crippen molar-refractivity contribution in [2.75, 3.05) is 5.73 Å². The number of allylic oxidation sites excluding steroid dienone is 1. The van der Waals surface area contributed by atoms with Gasteiger partial charge in [0.15, 0.2) is 5.88 Å². The number of nitrogen functional groups attached to an aromatic ring is 1. The van der Waals surface area contributed by atoms with E-state index in [9.17, 15) is 0 Å². The van der Waals surface area contributed by atoms with Gasteiger partial charge in [-0.2, -0.15) is 0 Å². The zero-order chi connectivity index (χ0) is 31.5. The maximum atomic E-state index is 6.57. The first kappa shape index (κ1) is 27.4. The number of amidine groups is 1. The van der Waals surface area contributed by atoms with E-state index in [4.69, 9.17) is 15.1 Å². The lowest BCUT2D eigenvalue weighted by molar-refractivity contribution is 0.412. The van der Waals surface area contributed by atoms with Crippen molar-refractivity contribution in [2.45, 2.75) is 19.3 Å². The number of nitrogens with one attached hydrogen (secondary N) is 2. The van der Waals surface area contributed by atoms with Gasteiger partial charge in [0.2, 0.25) is 0 Å². The topological polar surface area (TPSA) is 75.6 Å². The first-order chi connectivity index (χ1) is 23.2. The molecule has 47 heavy (non-hydrogen) atoms. The van der Waals surface area contributed by atoms with E-state index in [1.165, 1.54) is 43.1 Å². The second-order valence-corrected chi connectivity index (χ2v) is 12.2. The van der Waals surface area contributed by atoms with Crippen LogP contribution in [0.25, 0.3) is 59.6 Å². The molecule has 1 aliphatic heterocycles. The molecule has 8 aromatic rings. The number of hydrogen-bond donors (Lipinski definition) is 3. The minimum absolute atomic E-state index is 0.228. The van der Waals surface area contributed by atoms with Crippen LogP contribution in [-0.4, -0.2) is 5.84 Å². The number of furan rings is 1.